The van der Waals surface area contributed by atoms with Gasteiger partial charge in [-0.25, -0.2) is 12.8 Å². The van der Waals surface area contributed by atoms with Crippen molar-refractivity contribution < 1.29 is 17.6 Å². The number of alkyl halides is 1. The fraction of sp³-hybridized carbons (Fsp3) is 0.840. The molecule has 1 aromatic rings. The molecule has 0 amide bonds. The fourth-order valence-electron chi connectivity index (χ4n) is 8.42. The van der Waals surface area contributed by atoms with Crippen molar-refractivity contribution in [3.63, 3.8) is 0 Å². The summed E-state index contributed by atoms with van der Waals surface area (Å²) >= 11 is 0. The molecule has 1 heterocycles. The Balaban J connectivity index is 1.33. The standard InChI is InChI=1S/C25H37FN2O3S/c1-16-8-11-25(26)17(12-16)4-5-19-20-6-7-22(24(20,2)10-9-21(19)25)23(29)15-28-14-18(13-27-28)32(3,30)31/h13-14,16-17,19-22H,4-12,15H2,1-3H3. The van der Waals surface area contributed by atoms with Crippen LogP contribution in [0.2, 0.25) is 0 Å². The molecule has 0 N–H and O–H groups in total. The van der Waals surface area contributed by atoms with Crippen molar-refractivity contribution in [2.45, 2.75) is 88.7 Å². The molecule has 0 aliphatic heterocycles. The third kappa shape index (κ3) is 3.48. The molecule has 5 rings (SSSR count). The molecular weight excluding hydrogens is 427 g/mol. The largest absolute Gasteiger partial charge is 0.297 e. The Labute approximate surface area is 191 Å². The van der Waals surface area contributed by atoms with E-state index in [1.165, 1.54) is 17.1 Å². The van der Waals surface area contributed by atoms with Crippen LogP contribution in [0.25, 0.3) is 0 Å². The zero-order valence-corrected chi connectivity index (χ0v) is 20.4. The highest BCUT2D eigenvalue weighted by atomic mass is 32.2. The zero-order valence-electron chi connectivity index (χ0n) is 19.6. The van der Waals surface area contributed by atoms with Gasteiger partial charge in [0, 0.05) is 18.4 Å². The van der Waals surface area contributed by atoms with E-state index in [0.717, 1.165) is 64.0 Å². The Kier molecular flexibility index (Phi) is 5.38. The third-order valence-electron chi connectivity index (χ3n) is 10.0. The van der Waals surface area contributed by atoms with E-state index in [9.17, 15) is 13.2 Å². The maximum Gasteiger partial charge on any atom is 0.178 e. The summed E-state index contributed by atoms with van der Waals surface area (Å²) in [6.45, 7) is 4.66. The van der Waals surface area contributed by atoms with Gasteiger partial charge in [0.05, 0.1) is 12.7 Å². The lowest BCUT2D eigenvalue weighted by Gasteiger charge is -2.58. The number of hydrogen-bond donors (Lipinski definition) is 0. The van der Waals surface area contributed by atoms with E-state index in [1.807, 2.05) is 0 Å². The van der Waals surface area contributed by atoms with Crippen molar-refractivity contribution in [3.8, 4) is 0 Å². The second-order valence-electron chi connectivity index (χ2n) is 11.7. The van der Waals surface area contributed by atoms with Crippen LogP contribution in [0.5, 0.6) is 0 Å². The summed E-state index contributed by atoms with van der Waals surface area (Å²) in [6.07, 6.45) is 12.5. The SMILES string of the molecule is CC1CCC2(F)C(CCC3C4CCC(C(=O)Cn5cc(S(C)(=O)=O)cn5)C4(C)CCC32)C1. The number of rotatable bonds is 4. The first kappa shape index (κ1) is 22.5. The maximum absolute atomic E-state index is 16.4. The van der Waals surface area contributed by atoms with Crippen molar-refractivity contribution in [1.29, 1.82) is 0 Å². The molecule has 4 fully saturated rings. The van der Waals surface area contributed by atoms with Crippen LogP contribution in [0.4, 0.5) is 4.39 Å². The lowest BCUT2D eigenvalue weighted by Crippen LogP contribution is -2.56. The number of fused-ring (bicyclic) bond motifs is 5. The Hall–Kier alpha value is -1.24. The number of nitrogens with zero attached hydrogens (tertiary/aromatic N) is 2. The average Bonchev–Trinajstić information content (AvgIpc) is 3.32. The fourth-order valence-corrected chi connectivity index (χ4v) is 8.97. The Morgan fingerprint density at radius 1 is 1.16 bits per heavy atom. The molecule has 32 heavy (non-hydrogen) atoms. The third-order valence-corrected chi connectivity index (χ3v) is 11.1. The highest BCUT2D eigenvalue weighted by molar-refractivity contribution is 7.90. The molecule has 178 valence electrons. The quantitative estimate of drug-likeness (QED) is 0.639. The van der Waals surface area contributed by atoms with Crippen LogP contribution in [-0.4, -0.2) is 35.9 Å². The van der Waals surface area contributed by atoms with E-state index in [-0.39, 0.29) is 40.4 Å². The number of aromatic nitrogens is 2. The number of sulfone groups is 1. The molecule has 0 aromatic carbocycles. The number of ketones is 1. The Bertz CT molecular complexity index is 1010. The molecule has 0 bridgehead atoms. The minimum atomic E-state index is -3.33. The molecule has 4 aliphatic carbocycles. The predicted octanol–water partition coefficient (Wildman–Crippen LogP) is 4.85. The van der Waals surface area contributed by atoms with Gasteiger partial charge in [0.2, 0.25) is 0 Å². The number of halogens is 1. The van der Waals surface area contributed by atoms with E-state index in [0.29, 0.717) is 17.8 Å². The lowest BCUT2D eigenvalue weighted by atomic mass is 9.48. The van der Waals surface area contributed by atoms with Crippen LogP contribution in [-0.2, 0) is 21.2 Å². The topological polar surface area (TPSA) is 69.0 Å². The molecule has 1 aromatic heterocycles. The minimum Gasteiger partial charge on any atom is -0.297 e. The number of Topliss-reactive ketones (excluding diaryl/α,β-unsaturated/α-hetero) is 1. The highest BCUT2D eigenvalue weighted by Crippen LogP contribution is 2.66. The number of carbonyl (C=O) groups is 1. The van der Waals surface area contributed by atoms with Crippen molar-refractivity contribution in [2.75, 3.05) is 6.26 Å². The first-order valence-corrected chi connectivity index (χ1v) is 14.4. The van der Waals surface area contributed by atoms with E-state index in [4.69, 9.17) is 0 Å². The van der Waals surface area contributed by atoms with Gasteiger partial charge in [-0.1, -0.05) is 13.8 Å². The van der Waals surface area contributed by atoms with Gasteiger partial charge in [-0.2, -0.15) is 5.10 Å². The smallest absolute Gasteiger partial charge is 0.178 e. The normalized spacial score (nSPS) is 43.9. The predicted molar refractivity (Wildman–Crippen MR) is 120 cm³/mol. The first-order valence-electron chi connectivity index (χ1n) is 12.5. The highest BCUT2D eigenvalue weighted by Gasteiger charge is 2.62. The van der Waals surface area contributed by atoms with E-state index >= 15 is 4.39 Å². The Morgan fingerprint density at radius 2 is 1.94 bits per heavy atom. The van der Waals surface area contributed by atoms with E-state index in [1.54, 1.807) is 0 Å². The molecule has 5 nitrogen and oxygen atoms in total. The van der Waals surface area contributed by atoms with Crippen molar-refractivity contribution in [3.05, 3.63) is 12.4 Å². The van der Waals surface area contributed by atoms with Gasteiger partial charge >= 0.3 is 0 Å². The molecule has 4 aliphatic rings. The van der Waals surface area contributed by atoms with Gasteiger partial charge in [0.25, 0.3) is 0 Å². The second kappa shape index (κ2) is 7.64. The summed E-state index contributed by atoms with van der Waals surface area (Å²) in [5, 5.41) is 4.11. The van der Waals surface area contributed by atoms with Gasteiger partial charge in [0.1, 0.15) is 10.6 Å². The number of carbonyl (C=O) groups excluding carboxylic acids is 1. The monoisotopic (exact) mass is 464 g/mol. The van der Waals surface area contributed by atoms with Crippen molar-refractivity contribution in [1.82, 2.24) is 9.78 Å². The molecule has 0 saturated heterocycles. The summed E-state index contributed by atoms with van der Waals surface area (Å²) in [5.74, 6) is 1.98. The summed E-state index contributed by atoms with van der Waals surface area (Å²) < 4.78 is 41.4. The van der Waals surface area contributed by atoms with Gasteiger partial charge in [-0.15, -0.1) is 0 Å². The summed E-state index contributed by atoms with van der Waals surface area (Å²) in [4.78, 5) is 13.5. The molecular formula is C25H37FN2O3S. The molecule has 8 unspecified atom stereocenters. The number of hydrogen-bond acceptors (Lipinski definition) is 4. The summed E-state index contributed by atoms with van der Waals surface area (Å²) in [7, 11) is -3.33. The molecule has 0 radical (unpaired) electrons. The van der Waals surface area contributed by atoms with E-state index in [2.05, 4.69) is 18.9 Å². The lowest BCUT2D eigenvalue weighted by molar-refractivity contribution is -0.146. The van der Waals surface area contributed by atoms with Crippen LogP contribution in [0.1, 0.15) is 71.6 Å². The van der Waals surface area contributed by atoms with Crippen LogP contribution < -0.4 is 0 Å². The second-order valence-corrected chi connectivity index (χ2v) is 13.8. The minimum absolute atomic E-state index is 0.0426. The maximum atomic E-state index is 16.4. The van der Waals surface area contributed by atoms with Crippen molar-refractivity contribution >= 4 is 15.6 Å². The van der Waals surface area contributed by atoms with Crippen LogP contribution in [0.3, 0.4) is 0 Å². The van der Waals surface area contributed by atoms with Crippen LogP contribution in [0, 0.1) is 40.9 Å². The van der Waals surface area contributed by atoms with Gasteiger partial charge in [0.15, 0.2) is 15.6 Å². The van der Waals surface area contributed by atoms with Crippen LogP contribution in [0.15, 0.2) is 17.3 Å². The summed E-state index contributed by atoms with van der Waals surface area (Å²) in [6, 6.07) is 0. The first-order chi connectivity index (χ1) is 15.0. The van der Waals surface area contributed by atoms with Gasteiger partial charge < -0.3 is 0 Å². The van der Waals surface area contributed by atoms with Gasteiger partial charge in [-0.3, -0.25) is 9.48 Å². The average molecular weight is 465 g/mol. The van der Waals surface area contributed by atoms with E-state index < -0.39 is 15.5 Å². The summed E-state index contributed by atoms with van der Waals surface area (Å²) in [5.41, 5.74) is -1.06. The molecule has 8 atom stereocenters. The Morgan fingerprint density at radius 3 is 2.66 bits per heavy atom. The molecule has 4 saturated carbocycles. The van der Waals surface area contributed by atoms with Gasteiger partial charge in [-0.05, 0) is 92.8 Å². The molecule has 7 heteroatoms. The van der Waals surface area contributed by atoms with Crippen molar-refractivity contribution in [2.24, 2.45) is 40.9 Å². The zero-order chi connectivity index (χ0) is 22.9. The van der Waals surface area contributed by atoms with Crippen LogP contribution >= 0.6 is 0 Å². The molecule has 0 spiro atoms.